The van der Waals surface area contributed by atoms with Gasteiger partial charge in [0.05, 0.1) is 11.3 Å². The van der Waals surface area contributed by atoms with E-state index in [0.717, 1.165) is 0 Å². The number of benzene rings is 1. The van der Waals surface area contributed by atoms with E-state index in [1.54, 1.807) is 6.07 Å². The molecule has 0 unspecified atom stereocenters. The maximum atomic E-state index is 11.8. The molecule has 0 bridgehead atoms. The molecule has 0 aliphatic heterocycles. The lowest BCUT2D eigenvalue weighted by Gasteiger charge is -2.10. The molecule has 0 saturated heterocycles. The van der Waals surface area contributed by atoms with Crippen LogP contribution < -0.4 is 5.32 Å². The third kappa shape index (κ3) is 2.67. The zero-order valence-electron chi connectivity index (χ0n) is 6.39. The summed E-state index contributed by atoms with van der Waals surface area (Å²) in [4.78, 5) is 0. The van der Waals surface area contributed by atoms with Crippen molar-refractivity contribution < 1.29 is 13.2 Å². The van der Waals surface area contributed by atoms with Crippen molar-refractivity contribution in [3.05, 3.63) is 29.8 Å². The van der Waals surface area contributed by atoms with Crippen LogP contribution in [0.15, 0.2) is 24.3 Å². The number of nitriles is 1. The van der Waals surface area contributed by atoms with Crippen molar-refractivity contribution in [2.45, 2.75) is 6.30 Å². The maximum Gasteiger partial charge on any atom is 0.482 e. The molecule has 68 valence electrons. The van der Waals surface area contributed by atoms with Crippen molar-refractivity contribution in [3.8, 4) is 6.07 Å². The monoisotopic (exact) mass is 186 g/mol. The van der Waals surface area contributed by atoms with Crippen molar-refractivity contribution in [3.63, 3.8) is 0 Å². The zero-order valence-corrected chi connectivity index (χ0v) is 6.39. The fourth-order valence-electron chi connectivity index (χ4n) is 0.842. The molecule has 0 heterocycles. The summed E-state index contributed by atoms with van der Waals surface area (Å²) in [7, 11) is 0. The number of halogens is 3. The molecule has 0 fully saturated rings. The lowest BCUT2D eigenvalue weighted by molar-refractivity contribution is -0.0999. The highest BCUT2D eigenvalue weighted by molar-refractivity contribution is 5.57. The fourth-order valence-corrected chi connectivity index (χ4v) is 0.842. The van der Waals surface area contributed by atoms with E-state index in [2.05, 4.69) is 0 Å². The van der Waals surface area contributed by atoms with Crippen LogP contribution in [0, 0.1) is 11.3 Å². The number of alkyl halides is 3. The van der Waals surface area contributed by atoms with Gasteiger partial charge in [-0.1, -0.05) is 12.1 Å². The van der Waals surface area contributed by atoms with E-state index in [1.165, 1.54) is 29.6 Å². The number of anilines is 1. The number of para-hydroxylation sites is 1. The highest BCUT2D eigenvalue weighted by atomic mass is 19.4. The minimum atomic E-state index is -4.51. The van der Waals surface area contributed by atoms with Crippen molar-refractivity contribution in [1.82, 2.24) is 0 Å². The number of rotatable bonds is 1. The van der Waals surface area contributed by atoms with Crippen LogP contribution in [0.4, 0.5) is 18.9 Å². The Bertz CT molecular complexity index is 338. The summed E-state index contributed by atoms with van der Waals surface area (Å²) >= 11 is 0. The molecule has 0 aromatic heterocycles. The van der Waals surface area contributed by atoms with Crippen molar-refractivity contribution in [1.29, 1.82) is 5.26 Å². The fraction of sp³-hybridized carbons (Fsp3) is 0.125. The first-order chi connectivity index (χ1) is 6.03. The Balaban J connectivity index is 2.96. The highest BCUT2D eigenvalue weighted by Crippen LogP contribution is 2.22. The Labute approximate surface area is 72.6 Å². The van der Waals surface area contributed by atoms with Crippen LogP contribution in [0.3, 0.4) is 0 Å². The smallest absolute Gasteiger partial charge is 0.296 e. The Morgan fingerprint density at radius 2 is 1.85 bits per heavy atom. The van der Waals surface area contributed by atoms with Gasteiger partial charge in [0.2, 0.25) is 0 Å². The summed E-state index contributed by atoms with van der Waals surface area (Å²) in [5, 5.41) is 9.74. The summed E-state index contributed by atoms with van der Waals surface area (Å²) in [5.74, 6) is 0. The minimum Gasteiger partial charge on any atom is -0.296 e. The van der Waals surface area contributed by atoms with E-state index in [1.807, 2.05) is 0 Å². The average molecular weight is 186 g/mol. The maximum absolute atomic E-state index is 11.8. The van der Waals surface area contributed by atoms with Crippen LogP contribution in [-0.4, -0.2) is 6.30 Å². The molecular formula is C8H5F3N2. The summed E-state index contributed by atoms with van der Waals surface area (Å²) in [6, 6.07) is 7.10. The van der Waals surface area contributed by atoms with Crippen LogP contribution in [0.1, 0.15) is 5.56 Å². The predicted molar refractivity (Wildman–Crippen MR) is 40.8 cm³/mol. The normalized spacial score (nSPS) is 10.6. The van der Waals surface area contributed by atoms with Crippen molar-refractivity contribution in [2.75, 3.05) is 5.32 Å². The molecule has 1 rings (SSSR count). The van der Waals surface area contributed by atoms with Gasteiger partial charge in [-0.05, 0) is 12.1 Å². The molecule has 0 saturated carbocycles. The lowest BCUT2D eigenvalue weighted by Crippen LogP contribution is -2.21. The first-order valence-corrected chi connectivity index (χ1v) is 3.37. The van der Waals surface area contributed by atoms with Gasteiger partial charge in [0, 0.05) is 0 Å². The van der Waals surface area contributed by atoms with Gasteiger partial charge in [-0.25, -0.2) is 0 Å². The zero-order chi connectivity index (χ0) is 9.90. The molecule has 0 aliphatic rings. The molecule has 0 radical (unpaired) electrons. The third-order valence-electron chi connectivity index (χ3n) is 1.32. The summed E-state index contributed by atoms with van der Waals surface area (Å²) < 4.78 is 35.5. The Hall–Kier alpha value is -1.70. The molecule has 2 nitrogen and oxygen atoms in total. The second-order valence-corrected chi connectivity index (χ2v) is 2.28. The summed E-state index contributed by atoms with van der Waals surface area (Å²) in [5.41, 5.74) is -0.252. The number of nitrogens with zero attached hydrogens (tertiary/aromatic N) is 1. The molecule has 0 atom stereocenters. The van der Waals surface area contributed by atoms with E-state index in [0.29, 0.717) is 0 Å². The standard InChI is InChI=1S/C8H5F3N2/c9-8(10,11)13-7-4-2-1-3-6(7)5-12/h1-4,13H. The number of hydrogen-bond donors (Lipinski definition) is 1. The first-order valence-electron chi connectivity index (χ1n) is 3.37. The molecule has 1 aromatic rings. The van der Waals surface area contributed by atoms with Gasteiger partial charge in [-0.15, -0.1) is 0 Å². The first kappa shape index (κ1) is 9.39. The van der Waals surface area contributed by atoms with Crippen LogP contribution >= 0.6 is 0 Å². The molecule has 13 heavy (non-hydrogen) atoms. The molecular weight excluding hydrogens is 181 g/mol. The second-order valence-electron chi connectivity index (χ2n) is 2.28. The summed E-state index contributed by atoms with van der Waals surface area (Å²) in [6.45, 7) is 0. The lowest BCUT2D eigenvalue weighted by atomic mass is 10.2. The van der Waals surface area contributed by atoms with Gasteiger partial charge < -0.3 is 0 Å². The van der Waals surface area contributed by atoms with E-state index in [9.17, 15) is 13.2 Å². The molecule has 0 amide bonds. The number of hydrogen-bond acceptors (Lipinski definition) is 2. The molecule has 0 aliphatic carbocycles. The Morgan fingerprint density at radius 1 is 1.23 bits per heavy atom. The average Bonchev–Trinajstić information content (AvgIpc) is 2.02. The second kappa shape index (κ2) is 3.35. The van der Waals surface area contributed by atoms with Crippen LogP contribution in [-0.2, 0) is 0 Å². The van der Waals surface area contributed by atoms with Crippen molar-refractivity contribution in [2.24, 2.45) is 0 Å². The largest absolute Gasteiger partial charge is 0.482 e. The topological polar surface area (TPSA) is 35.8 Å². The molecule has 1 aromatic carbocycles. The summed E-state index contributed by atoms with van der Waals surface area (Å²) in [6.07, 6.45) is -4.51. The van der Waals surface area contributed by atoms with Gasteiger partial charge in [0.15, 0.2) is 0 Å². The van der Waals surface area contributed by atoms with Gasteiger partial charge in [-0.2, -0.15) is 18.4 Å². The quantitative estimate of drug-likeness (QED) is 0.684. The van der Waals surface area contributed by atoms with Crippen LogP contribution in [0.2, 0.25) is 0 Å². The van der Waals surface area contributed by atoms with Gasteiger partial charge in [0.25, 0.3) is 0 Å². The van der Waals surface area contributed by atoms with E-state index >= 15 is 0 Å². The third-order valence-corrected chi connectivity index (χ3v) is 1.32. The van der Waals surface area contributed by atoms with E-state index in [-0.39, 0.29) is 11.3 Å². The Morgan fingerprint density at radius 3 is 2.38 bits per heavy atom. The van der Waals surface area contributed by atoms with Crippen LogP contribution in [0.5, 0.6) is 0 Å². The minimum absolute atomic E-state index is 0.0279. The molecule has 0 spiro atoms. The van der Waals surface area contributed by atoms with Gasteiger partial charge in [-0.3, -0.25) is 5.32 Å². The van der Waals surface area contributed by atoms with Gasteiger partial charge >= 0.3 is 6.30 Å². The Kier molecular flexibility index (Phi) is 2.42. The van der Waals surface area contributed by atoms with E-state index < -0.39 is 6.30 Å². The van der Waals surface area contributed by atoms with E-state index in [4.69, 9.17) is 5.26 Å². The molecule has 1 N–H and O–H groups in total. The van der Waals surface area contributed by atoms with Crippen LogP contribution in [0.25, 0.3) is 0 Å². The SMILES string of the molecule is N#Cc1ccccc1NC(F)(F)F. The number of nitrogens with one attached hydrogen (secondary N) is 1. The molecule has 5 heteroatoms. The van der Waals surface area contributed by atoms with Crippen molar-refractivity contribution >= 4 is 5.69 Å². The van der Waals surface area contributed by atoms with Gasteiger partial charge in [0.1, 0.15) is 6.07 Å². The predicted octanol–water partition coefficient (Wildman–Crippen LogP) is 2.49. The highest BCUT2D eigenvalue weighted by Gasteiger charge is 2.27.